The predicted molar refractivity (Wildman–Crippen MR) is 97.0 cm³/mol. The monoisotopic (exact) mass is 361 g/mol. The van der Waals surface area contributed by atoms with Crippen molar-refractivity contribution in [2.45, 2.75) is 25.9 Å². The molecule has 0 radical (unpaired) electrons. The Balaban J connectivity index is 1.85. The van der Waals surface area contributed by atoms with E-state index in [-0.39, 0.29) is 6.42 Å². The molecule has 0 saturated heterocycles. The number of esters is 1. The van der Waals surface area contributed by atoms with Crippen molar-refractivity contribution < 1.29 is 19.1 Å². The highest BCUT2D eigenvalue weighted by molar-refractivity contribution is 6.33. The fourth-order valence-corrected chi connectivity index (χ4v) is 2.44. The van der Waals surface area contributed by atoms with E-state index in [1.807, 2.05) is 24.3 Å². The Morgan fingerprint density at radius 1 is 1.12 bits per heavy atom. The molecule has 0 spiro atoms. The summed E-state index contributed by atoms with van der Waals surface area (Å²) in [5.74, 6) is -0.161. The molecule has 2 rings (SSSR count). The van der Waals surface area contributed by atoms with Crippen LogP contribution >= 0.6 is 11.6 Å². The summed E-state index contributed by atoms with van der Waals surface area (Å²) in [4.78, 5) is 24.1. The van der Waals surface area contributed by atoms with Gasteiger partial charge in [-0.15, -0.1) is 0 Å². The molecule has 1 atom stereocenters. The third-order valence-corrected chi connectivity index (χ3v) is 3.93. The zero-order chi connectivity index (χ0) is 18.2. The second-order valence-electron chi connectivity index (χ2n) is 5.41. The molecule has 0 aromatic heterocycles. The molecular weight excluding hydrogens is 342 g/mol. The minimum Gasteiger partial charge on any atom is -0.496 e. The van der Waals surface area contributed by atoms with Crippen LogP contribution in [-0.2, 0) is 20.7 Å². The standard InChI is InChI=1S/C19H20ClNO4/c1-13(19(23)21-16-9-5-4-8-15(16)20)25-18(22)12-11-14-7-3-6-10-17(14)24-2/h3-10,13H,11-12H2,1-2H3,(H,21,23)/t13-/m1/s1. The Morgan fingerprint density at radius 3 is 2.52 bits per heavy atom. The Bertz CT molecular complexity index is 748. The van der Waals surface area contributed by atoms with Crippen LogP contribution in [0.1, 0.15) is 18.9 Å². The quantitative estimate of drug-likeness (QED) is 0.761. The van der Waals surface area contributed by atoms with Crippen LogP contribution in [0.4, 0.5) is 5.69 Å². The lowest BCUT2D eigenvalue weighted by Crippen LogP contribution is -2.30. The number of hydrogen-bond acceptors (Lipinski definition) is 4. The van der Waals surface area contributed by atoms with Gasteiger partial charge >= 0.3 is 5.97 Å². The van der Waals surface area contributed by atoms with Crippen LogP contribution < -0.4 is 10.1 Å². The van der Waals surface area contributed by atoms with Gasteiger partial charge in [0.15, 0.2) is 6.10 Å². The highest BCUT2D eigenvalue weighted by Gasteiger charge is 2.19. The van der Waals surface area contributed by atoms with Crippen molar-refractivity contribution in [3.63, 3.8) is 0 Å². The Labute approximate surface area is 151 Å². The molecule has 5 nitrogen and oxygen atoms in total. The summed E-state index contributed by atoms with van der Waals surface area (Å²) in [6.07, 6.45) is -0.285. The zero-order valence-corrected chi connectivity index (χ0v) is 14.9. The third kappa shape index (κ3) is 5.50. The molecule has 0 heterocycles. The van der Waals surface area contributed by atoms with E-state index in [4.69, 9.17) is 21.1 Å². The fraction of sp³-hybridized carbons (Fsp3) is 0.263. The van der Waals surface area contributed by atoms with E-state index in [0.717, 1.165) is 11.3 Å². The van der Waals surface area contributed by atoms with Crippen LogP contribution in [0.25, 0.3) is 0 Å². The van der Waals surface area contributed by atoms with Gasteiger partial charge in [-0.25, -0.2) is 0 Å². The first-order chi connectivity index (χ1) is 12.0. The molecule has 1 amide bonds. The number of rotatable bonds is 7. The lowest BCUT2D eigenvalue weighted by molar-refractivity contribution is -0.153. The first-order valence-electron chi connectivity index (χ1n) is 7.88. The second kappa shape index (κ2) is 9.08. The van der Waals surface area contributed by atoms with Crippen LogP contribution in [0.15, 0.2) is 48.5 Å². The van der Waals surface area contributed by atoms with Crippen LogP contribution in [0.3, 0.4) is 0 Å². The molecule has 6 heteroatoms. The van der Waals surface area contributed by atoms with E-state index in [1.54, 1.807) is 31.4 Å². The van der Waals surface area contributed by atoms with Gasteiger partial charge in [-0.1, -0.05) is 41.9 Å². The van der Waals surface area contributed by atoms with Crippen molar-refractivity contribution in [3.05, 3.63) is 59.1 Å². The van der Waals surface area contributed by atoms with Gasteiger partial charge in [0, 0.05) is 6.42 Å². The Morgan fingerprint density at radius 2 is 1.80 bits per heavy atom. The molecule has 2 aromatic carbocycles. The van der Waals surface area contributed by atoms with Crippen molar-refractivity contribution in [2.75, 3.05) is 12.4 Å². The van der Waals surface area contributed by atoms with Gasteiger partial charge in [-0.05, 0) is 37.1 Å². The number of methoxy groups -OCH3 is 1. The number of halogens is 1. The van der Waals surface area contributed by atoms with E-state index in [2.05, 4.69) is 5.32 Å². The molecule has 0 aliphatic carbocycles. The molecule has 0 fully saturated rings. The van der Waals surface area contributed by atoms with Crippen molar-refractivity contribution in [1.29, 1.82) is 0 Å². The van der Waals surface area contributed by atoms with Gasteiger partial charge < -0.3 is 14.8 Å². The first-order valence-corrected chi connectivity index (χ1v) is 8.26. The number of carbonyl (C=O) groups is 2. The van der Waals surface area contributed by atoms with Crippen molar-refractivity contribution in [2.24, 2.45) is 0 Å². The van der Waals surface area contributed by atoms with E-state index in [1.165, 1.54) is 6.92 Å². The summed E-state index contributed by atoms with van der Waals surface area (Å²) in [5, 5.41) is 3.06. The Kier molecular flexibility index (Phi) is 6.83. The number of nitrogens with one attached hydrogen (secondary N) is 1. The number of anilines is 1. The number of para-hydroxylation sites is 2. The summed E-state index contributed by atoms with van der Waals surface area (Å²) in [6, 6.07) is 14.3. The summed E-state index contributed by atoms with van der Waals surface area (Å²) < 4.78 is 10.4. The second-order valence-corrected chi connectivity index (χ2v) is 5.82. The van der Waals surface area contributed by atoms with Crippen molar-refractivity contribution >= 4 is 29.2 Å². The maximum Gasteiger partial charge on any atom is 0.306 e. The van der Waals surface area contributed by atoms with Crippen molar-refractivity contribution in [3.8, 4) is 5.75 Å². The van der Waals surface area contributed by atoms with Crippen LogP contribution in [0.5, 0.6) is 5.75 Å². The molecule has 0 aliphatic rings. The predicted octanol–water partition coefficient (Wildman–Crippen LogP) is 3.85. The van der Waals surface area contributed by atoms with Crippen LogP contribution in [0, 0.1) is 0 Å². The average Bonchev–Trinajstić information content (AvgIpc) is 2.62. The van der Waals surface area contributed by atoms with Gasteiger partial charge in [-0.3, -0.25) is 9.59 Å². The molecular formula is C19H20ClNO4. The molecule has 0 unspecified atom stereocenters. The van der Waals surface area contributed by atoms with Gasteiger partial charge in [0.2, 0.25) is 0 Å². The number of amides is 1. The zero-order valence-electron chi connectivity index (χ0n) is 14.1. The molecule has 2 aromatic rings. The number of benzene rings is 2. The summed E-state index contributed by atoms with van der Waals surface area (Å²) in [7, 11) is 1.58. The third-order valence-electron chi connectivity index (χ3n) is 3.60. The lowest BCUT2D eigenvalue weighted by atomic mass is 10.1. The molecule has 1 N–H and O–H groups in total. The van der Waals surface area contributed by atoms with E-state index < -0.39 is 18.0 Å². The molecule has 0 saturated carbocycles. The molecule has 25 heavy (non-hydrogen) atoms. The van der Waals surface area contributed by atoms with E-state index in [9.17, 15) is 9.59 Å². The minimum absolute atomic E-state index is 0.157. The Hall–Kier alpha value is -2.53. The molecule has 132 valence electrons. The van der Waals surface area contributed by atoms with E-state index >= 15 is 0 Å². The maximum atomic E-state index is 12.1. The van der Waals surface area contributed by atoms with Gasteiger partial charge in [0.1, 0.15) is 5.75 Å². The van der Waals surface area contributed by atoms with Gasteiger partial charge in [-0.2, -0.15) is 0 Å². The number of ether oxygens (including phenoxy) is 2. The fourth-order valence-electron chi connectivity index (χ4n) is 2.25. The number of carbonyl (C=O) groups excluding carboxylic acids is 2. The van der Waals surface area contributed by atoms with Crippen molar-refractivity contribution in [1.82, 2.24) is 0 Å². The largest absolute Gasteiger partial charge is 0.496 e. The number of aryl methyl sites for hydroxylation is 1. The van der Waals surface area contributed by atoms with Crippen LogP contribution in [0.2, 0.25) is 5.02 Å². The SMILES string of the molecule is COc1ccccc1CCC(=O)O[C@H](C)C(=O)Nc1ccccc1Cl. The topological polar surface area (TPSA) is 64.6 Å². The summed E-state index contributed by atoms with van der Waals surface area (Å²) >= 11 is 5.99. The first kappa shape index (κ1) is 18.8. The smallest absolute Gasteiger partial charge is 0.306 e. The average molecular weight is 362 g/mol. The summed E-state index contributed by atoms with van der Waals surface area (Å²) in [6.45, 7) is 1.52. The molecule has 0 aliphatic heterocycles. The number of hydrogen-bond donors (Lipinski definition) is 1. The molecule has 0 bridgehead atoms. The van der Waals surface area contributed by atoms with E-state index in [0.29, 0.717) is 17.1 Å². The maximum absolute atomic E-state index is 12.1. The van der Waals surface area contributed by atoms with Gasteiger partial charge in [0.25, 0.3) is 5.91 Å². The highest BCUT2D eigenvalue weighted by atomic mass is 35.5. The minimum atomic E-state index is -0.915. The normalized spacial score (nSPS) is 11.5. The highest BCUT2D eigenvalue weighted by Crippen LogP contribution is 2.21. The van der Waals surface area contributed by atoms with Gasteiger partial charge in [0.05, 0.1) is 17.8 Å². The summed E-state index contributed by atoms with van der Waals surface area (Å²) in [5.41, 5.74) is 1.39. The lowest BCUT2D eigenvalue weighted by Gasteiger charge is -2.14. The van der Waals surface area contributed by atoms with Crippen LogP contribution in [-0.4, -0.2) is 25.1 Å².